The van der Waals surface area contributed by atoms with E-state index >= 15 is 0 Å². The third-order valence-corrected chi connectivity index (χ3v) is 6.71. The van der Waals surface area contributed by atoms with Crippen LogP contribution in [0.3, 0.4) is 0 Å². The van der Waals surface area contributed by atoms with Gasteiger partial charge in [0.05, 0.1) is 0 Å². The van der Waals surface area contributed by atoms with Crippen molar-refractivity contribution in [3.63, 3.8) is 0 Å². The maximum absolute atomic E-state index is 5.65. The first-order chi connectivity index (χ1) is 15.1. The standard InChI is InChI=1S/C26H36N4S2/c1-18-10-6-8-12-21(18)29-23(31)27-17-26(5)15-20(14-25(3,4)16-26)28-24(32)30-22-13-9-7-11-19(22)2/h6-13,20H,14-17H2,1-5H3,(H2,27,29,31)(H2,28,30,32)/t20-,26+/m1/s1. The van der Waals surface area contributed by atoms with Gasteiger partial charge in [-0.25, -0.2) is 0 Å². The van der Waals surface area contributed by atoms with Gasteiger partial charge in [-0.2, -0.15) is 0 Å². The number of hydrogen-bond donors (Lipinski definition) is 4. The molecule has 1 aliphatic rings. The second-order valence-corrected chi connectivity index (χ2v) is 11.1. The number of aryl methyl sites for hydroxylation is 2. The molecule has 1 fully saturated rings. The molecule has 0 bridgehead atoms. The van der Waals surface area contributed by atoms with E-state index in [2.05, 4.69) is 80.2 Å². The Hall–Kier alpha value is -2.18. The Morgan fingerprint density at radius 3 is 1.94 bits per heavy atom. The summed E-state index contributed by atoms with van der Waals surface area (Å²) in [6, 6.07) is 16.7. The van der Waals surface area contributed by atoms with Crippen molar-refractivity contribution in [1.82, 2.24) is 10.6 Å². The molecular formula is C26H36N4S2. The molecule has 172 valence electrons. The fraction of sp³-hybridized carbons (Fsp3) is 0.462. The van der Waals surface area contributed by atoms with Gasteiger partial charge in [0.2, 0.25) is 0 Å². The second-order valence-electron chi connectivity index (χ2n) is 10.3. The van der Waals surface area contributed by atoms with Crippen LogP contribution in [0.15, 0.2) is 48.5 Å². The molecule has 32 heavy (non-hydrogen) atoms. The molecule has 0 radical (unpaired) electrons. The topological polar surface area (TPSA) is 48.1 Å². The van der Waals surface area contributed by atoms with Gasteiger partial charge >= 0.3 is 0 Å². The highest BCUT2D eigenvalue weighted by molar-refractivity contribution is 7.80. The van der Waals surface area contributed by atoms with Crippen LogP contribution in [0.5, 0.6) is 0 Å². The molecule has 6 heteroatoms. The van der Waals surface area contributed by atoms with Gasteiger partial charge in [0.1, 0.15) is 0 Å². The van der Waals surface area contributed by atoms with Gasteiger partial charge in [-0.1, -0.05) is 57.2 Å². The van der Waals surface area contributed by atoms with E-state index in [-0.39, 0.29) is 10.8 Å². The van der Waals surface area contributed by atoms with Crippen molar-refractivity contribution in [2.75, 3.05) is 17.2 Å². The normalized spacial score (nSPS) is 22.0. The van der Waals surface area contributed by atoms with E-state index < -0.39 is 0 Å². The molecule has 2 aromatic rings. The monoisotopic (exact) mass is 468 g/mol. The lowest BCUT2D eigenvalue weighted by molar-refractivity contribution is 0.0807. The van der Waals surface area contributed by atoms with E-state index in [0.29, 0.717) is 16.3 Å². The summed E-state index contributed by atoms with van der Waals surface area (Å²) in [6.45, 7) is 12.0. The Bertz CT molecular complexity index is 972. The molecule has 1 aliphatic carbocycles. The Labute approximate surface area is 204 Å². The molecule has 0 aliphatic heterocycles. The number of benzene rings is 2. The highest BCUT2D eigenvalue weighted by atomic mass is 32.1. The first kappa shape index (κ1) is 24.5. The van der Waals surface area contributed by atoms with Crippen molar-refractivity contribution in [2.45, 2.75) is 59.9 Å². The van der Waals surface area contributed by atoms with Crippen molar-refractivity contribution < 1.29 is 0 Å². The van der Waals surface area contributed by atoms with E-state index in [0.717, 1.165) is 37.2 Å². The predicted molar refractivity (Wildman–Crippen MR) is 145 cm³/mol. The average molecular weight is 469 g/mol. The van der Waals surface area contributed by atoms with Crippen LogP contribution in [-0.4, -0.2) is 22.8 Å². The van der Waals surface area contributed by atoms with Crippen molar-refractivity contribution in [3.8, 4) is 0 Å². The number of rotatable bonds is 5. The minimum atomic E-state index is 0.106. The number of thiocarbonyl (C=S) groups is 2. The Balaban J connectivity index is 1.58. The minimum absolute atomic E-state index is 0.106. The molecule has 0 saturated heterocycles. The van der Waals surface area contributed by atoms with Gasteiger partial charge < -0.3 is 21.3 Å². The van der Waals surface area contributed by atoms with Crippen LogP contribution in [0.25, 0.3) is 0 Å². The summed E-state index contributed by atoms with van der Waals surface area (Å²) in [4.78, 5) is 0. The number of nitrogens with one attached hydrogen (secondary N) is 4. The van der Waals surface area contributed by atoms with Crippen molar-refractivity contribution in [2.24, 2.45) is 10.8 Å². The fourth-order valence-corrected chi connectivity index (χ4v) is 5.56. The summed E-state index contributed by atoms with van der Waals surface area (Å²) >= 11 is 11.2. The minimum Gasteiger partial charge on any atom is -0.362 e. The lowest BCUT2D eigenvalue weighted by atomic mass is 9.62. The number of anilines is 2. The van der Waals surface area contributed by atoms with E-state index in [4.69, 9.17) is 24.4 Å². The smallest absolute Gasteiger partial charge is 0.171 e. The second kappa shape index (κ2) is 10.2. The summed E-state index contributed by atoms with van der Waals surface area (Å²) in [5.74, 6) is 0. The zero-order valence-corrected chi connectivity index (χ0v) is 21.5. The summed E-state index contributed by atoms with van der Waals surface area (Å²) < 4.78 is 0. The third-order valence-electron chi connectivity index (χ3n) is 6.24. The zero-order valence-electron chi connectivity index (χ0n) is 19.8. The molecule has 0 amide bonds. The van der Waals surface area contributed by atoms with Crippen LogP contribution < -0.4 is 21.3 Å². The predicted octanol–water partition coefficient (Wildman–Crippen LogP) is 6.16. The molecule has 0 heterocycles. The lowest BCUT2D eigenvalue weighted by Crippen LogP contribution is -2.51. The van der Waals surface area contributed by atoms with Crippen molar-refractivity contribution in [1.29, 1.82) is 0 Å². The molecule has 1 saturated carbocycles. The fourth-order valence-electron chi connectivity index (χ4n) is 5.10. The molecule has 0 aromatic heterocycles. The van der Waals surface area contributed by atoms with Crippen molar-refractivity contribution in [3.05, 3.63) is 59.7 Å². The first-order valence-electron chi connectivity index (χ1n) is 11.3. The quantitative estimate of drug-likeness (QED) is 0.394. The molecule has 3 rings (SSSR count). The van der Waals surface area contributed by atoms with E-state index in [1.165, 1.54) is 11.1 Å². The molecule has 2 atom stereocenters. The van der Waals surface area contributed by atoms with Crippen LogP contribution in [0.4, 0.5) is 11.4 Å². The molecular weight excluding hydrogens is 432 g/mol. The summed E-state index contributed by atoms with van der Waals surface area (Å²) in [5.41, 5.74) is 4.79. The van der Waals surface area contributed by atoms with E-state index in [1.54, 1.807) is 0 Å². The van der Waals surface area contributed by atoms with Crippen molar-refractivity contribution >= 4 is 46.0 Å². The van der Waals surface area contributed by atoms with Crippen LogP contribution in [-0.2, 0) is 0 Å². The van der Waals surface area contributed by atoms with Gasteiger partial charge in [0, 0.05) is 24.0 Å². The first-order valence-corrected chi connectivity index (χ1v) is 12.1. The van der Waals surface area contributed by atoms with Gasteiger partial charge in [-0.3, -0.25) is 0 Å². The number of para-hydroxylation sites is 2. The highest BCUT2D eigenvalue weighted by Gasteiger charge is 2.41. The average Bonchev–Trinajstić information content (AvgIpc) is 2.68. The molecule has 4 N–H and O–H groups in total. The SMILES string of the molecule is Cc1ccccc1NC(=S)NC[C@@]1(C)C[C@H](NC(=S)Nc2ccccc2C)CC(C)(C)C1. The molecule has 0 spiro atoms. The Morgan fingerprint density at radius 1 is 0.844 bits per heavy atom. The summed E-state index contributed by atoms with van der Waals surface area (Å²) in [7, 11) is 0. The van der Waals surface area contributed by atoms with Gasteiger partial charge in [-0.05, 0) is 91.6 Å². The third kappa shape index (κ3) is 6.91. The maximum Gasteiger partial charge on any atom is 0.171 e. The van der Waals surface area contributed by atoms with Crippen LogP contribution >= 0.6 is 24.4 Å². The Morgan fingerprint density at radius 2 is 1.38 bits per heavy atom. The number of hydrogen-bond acceptors (Lipinski definition) is 2. The van der Waals surface area contributed by atoms with Crippen LogP contribution in [0, 0.1) is 24.7 Å². The largest absolute Gasteiger partial charge is 0.362 e. The van der Waals surface area contributed by atoms with Gasteiger partial charge in [-0.15, -0.1) is 0 Å². The van der Waals surface area contributed by atoms with E-state index in [9.17, 15) is 0 Å². The maximum atomic E-state index is 5.65. The molecule has 4 nitrogen and oxygen atoms in total. The van der Waals surface area contributed by atoms with E-state index in [1.807, 2.05) is 24.3 Å². The summed E-state index contributed by atoms with van der Waals surface area (Å²) in [5, 5.41) is 15.1. The molecule has 0 unspecified atom stereocenters. The van der Waals surface area contributed by atoms with Gasteiger partial charge in [0.15, 0.2) is 10.2 Å². The van der Waals surface area contributed by atoms with Gasteiger partial charge in [0.25, 0.3) is 0 Å². The zero-order chi connectivity index (χ0) is 23.4. The molecule has 2 aromatic carbocycles. The lowest BCUT2D eigenvalue weighted by Gasteiger charge is -2.47. The summed E-state index contributed by atoms with van der Waals surface area (Å²) in [6.07, 6.45) is 3.26. The van der Waals surface area contributed by atoms with Crippen LogP contribution in [0.1, 0.15) is 51.2 Å². The Kier molecular flexibility index (Phi) is 7.78. The van der Waals surface area contributed by atoms with Crippen LogP contribution in [0.2, 0.25) is 0 Å². The highest BCUT2D eigenvalue weighted by Crippen LogP contribution is 2.45.